The molecule has 2 bridgehead atoms. The summed E-state index contributed by atoms with van der Waals surface area (Å²) in [5, 5.41) is 1.90. The third kappa shape index (κ3) is 4.57. The number of hydrogen-bond acceptors (Lipinski definition) is 7. The molecule has 9 rings (SSSR count). The molecule has 1 aromatic heterocycles. The molecule has 0 saturated carbocycles. The Kier molecular flexibility index (Phi) is 7.07. The lowest BCUT2D eigenvalue weighted by Gasteiger charge is -2.45. The lowest BCUT2D eigenvalue weighted by atomic mass is 9.55. The van der Waals surface area contributed by atoms with Crippen molar-refractivity contribution < 1.29 is 33.1 Å². The SMILES string of the molecule is O=C(CN(C(=O)c1ccccc1Cl)N1C(=O)[C@@H]2C3c4ccccc4C(c4ccccc43)[C@@H]2C1=O)c1ccc(OC(=O)c2ccco2)cc1. The summed E-state index contributed by atoms with van der Waals surface area (Å²) in [6.45, 7) is -0.623. The number of hydrogen-bond donors (Lipinski definition) is 0. The first kappa shape index (κ1) is 29.6. The Labute approximate surface area is 279 Å². The zero-order valence-corrected chi connectivity index (χ0v) is 25.9. The maximum Gasteiger partial charge on any atom is 0.379 e. The van der Waals surface area contributed by atoms with Crippen molar-refractivity contribution in [1.29, 1.82) is 0 Å². The van der Waals surface area contributed by atoms with Crippen LogP contribution in [0.2, 0.25) is 5.02 Å². The van der Waals surface area contributed by atoms with E-state index >= 15 is 0 Å². The number of hydrazine groups is 1. The van der Waals surface area contributed by atoms with E-state index in [1.165, 1.54) is 48.7 Å². The van der Waals surface area contributed by atoms with Gasteiger partial charge in [0.1, 0.15) is 12.3 Å². The van der Waals surface area contributed by atoms with Gasteiger partial charge in [-0.15, -0.1) is 0 Å². The van der Waals surface area contributed by atoms with Gasteiger partial charge >= 0.3 is 5.97 Å². The Morgan fingerprint density at radius 3 is 1.77 bits per heavy atom. The van der Waals surface area contributed by atoms with Gasteiger partial charge in [0, 0.05) is 17.4 Å². The largest absolute Gasteiger partial charge is 0.457 e. The van der Waals surface area contributed by atoms with Crippen molar-refractivity contribution in [3.05, 3.63) is 160 Å². The van der Waals surface area contributed by atoms with E-state index < -0.39 is 59.7 Å². The number of Topliss-reactive ketones (excluding diaryl/α,β-unsaturated/α-hetero) is 1. The molecule has 1 fully saturated rings. The maximum atomic E-state index is 14.5. The van der Waals surface area contributed by atoms with E-state index in [1.807, 2.05) is 48.5 Å². The molecule has 0 spiro atoms. The fourth-order valence-electron chi connectivity index (χ4n) is 7.39. The van der Waals surface area contributed by atoms with E-state index in [2.05, 4.69) is 0 Å². The second-order valence-corrected chi connectivity index (χ2v) is 12.3. The Bertz CT molecular complexity index is 2030. The molecule has 3 aliphatic carbocycles. The molecule has 5 aromatic rings. The number of nitrogens with zero attached hydrogens (tertiary/aromatic N) is 2. The van der Waals surface area contributed by atoms with Gasteiger partial charge in [-0.05, 0) is 70.8 Å². The van der Waals surface area contributed by atoms with E-state index in [9.17, 15) is 24.0 Å². The number of rotatable bonds is 7. The summed E-state index contributed by atoms with van der Waals surface area (Å²) in [4.78, 5) is 69.2. The van der Waals surface area contributed by atoms with Crippen molar-refractivity contribution >= 4 is 41.1 Å². The zero-order chi connectivity index (χ0) is 33.1. The summed E-state index contributed by atoms with van der Waals surface area (Å²) >= 11 is 6.42. The summed E-state index contributed by atoms with van der Waals surface area (Å²) in [5.74, 6) is -5.22. The van der Waals surface area contributed by atoms with Crippen LogP contribution in [0.3, 0.4) is 0 Å². The highest BCUT2D eigenvalue weighted by molar-refractivity contribution is 6.34. The van der Waals surface area contributed by atoms with Crippen molar-refractivity contribution in [2.24, 2.45) is 11.8 Å². The standard InChI is InChI=1S/C38H25ClN2O7/c39-28-13-6-5-12-27(28)35(43)40(20-29(42)21-15-17-22(18-16-21)48-38(46)30-14-7-19-47-30)41-36(44)33-31-23-8-1-2-9-24(23)32(34(33)37(41)45)26-11-4-3-10-25(26)31/h1-19,31-34H,20H2/t31?,32?,33-,34+. The molecule has 10 heteroatoms. The minimum atomic E-state index is -0.763. The topological polar surface area (TPSA) is 114 Å². The first-order chi connectivity index (χ1) is 23.3. The molecule has 2 heterocycles. The number of carbonyl (C=O) groups is 5. The number of imide groups is 1. The highest BCUT2D eigenvalue weighted by Crippen LogP contribution is 2.61. The average Bonchev–Trinajstić information content (AvgIpc) is 3.75. The quantitative estimate of drug-likeness (QED) is 0.0876. The van der Waals surface area contributed by atoms with Crippen LogP contribution in [0.4, 0.5) is 0 Å². The predicted molar refractivity (Wildman–Crippen MR) is 172 cm³/mol. The second-order valence-electron chi connectivity index (χ2n) is 11.9. The first-order valence-corrected chi connectivity index (χ1v) is 15.7. The van der Waals surface area contributed by atoms with Crippen LogP contribution < -0.4 is 4.74 Å². The molecule has 48 heavy (non-hydrogen) atoms. The van der Waals surface area contributed by atoms with Crippen LogP contribution in [0, 0.1) is 11.8 Å². The van der Waals surface area contributed by atoms with Gasteiger partial charge in [-0.25, -0.2) is 9.80 Å². The summed E-state index contributed by atoms with van der Waals surface area (Å²) in [6.07, 6.45) is 1.35. The van der Waals surface area contributed by atoms with E-state index in [0.29, 0.717) is 0 Å². The molecular weight excluding hydrogens is 632 g/mol. The van der Waals surface area contributed by atoms with Crippen molar-refractivity contribution in [3.8, 4) is 5.75 Å². The Balaban J connectivity index is 1.14. The van der Waals surface area contributed by atoms with Gasteiger partial charge in [0.2, 0.25) is 5.76 Å². The monoisotopic (exact) mass is 656 g/mol. The van der Waals surface area contributed by atoms with Crippen molar-refractivity contribution in [2.75, 3.05) is 6.54 Å². The second kappa shape index (κ2) is 11.5. The molecule has 3 amide bonds. The number of carbonyl (C=O) groups excluding carboxylic acids is 5. The molecule has 0 unspecified atom stereocenters. The Morgan fingerprint density at radius 2 is 1.25 bits per heavy atom. The smallest absolute Gasteiger partial charge is 0.379 e. The van der Waals surface area contributed by atoms with Gasteiger partial charge in [0.25, 0.3) is 17.7 Å². The van der Waals surface area contributed by atoms with Crippen molar-refractivity contribution in [1.82, 2.24) is 10.0 Å². The van der Waals surface area contributed by atoms with E-state index in [4.69, 9.17) is 20.8 Å². The van der Waals surface area contributed by atoms with Crippen LogP contribution in [-0.4, -0.2) is 46.0 Å². The van der Waals surface area contributed by atoms with Crippen LogP contribution >= 0.6 is 11.6 Å². The van der Waals surface area contributed by atoms with E-state index in [1.54, 1.807) is 18.2 Å². The minimum Gasteiger partial charge on any atom is -0.457 e. The molecule has 4 aliphatic rings. The van der Waals surface area contributed by atoms with Gasteiger partial charge in [-0.2, -0.15) is 5.01 Å². The number of halogens is 1. The molecule has 236 valence electrons. The van der Waals surface area contributed by atoms with Gasteiger partial charge in [-0.1, -0.05) is 72.3 Å². The van der Waals surface area contributed by atoms with Crippen LogP contribution in [-0.2, 0) is 9.59 Å². The van der Waals surface area contributed by atoms with Crippen molar-refractivity contribution in [3.63, 3.8) is 0 Å². The average molecular weight is 657 g/mol. The summed E-state index contributed by atoms with van der Waals surface area (Å²) < 4.78 is 10.4. The van der Waals surface area contributed by atoms with Crippen LogP contribution in [0.1, 0.15) is 65.4 Å². The van der Waals surface area contributed by atoms with E-state index in [0.717, 1.165) is 32.3 Å². The van der Waals surface area contributed by atoms with Crippen LogP contribution in [0.5, 0.6) is 5.75 Å². The maximum absolute atomic E-state index is 14.5. The molecule has 2 atom stereocenters. The van der Waals surface area contributed by atoms with Gasteiger partial charge in [0.05, 0.1) is 28.7 Å². The normalized spacial score (nSPS) is 20.1. The third-order valence-electron chi connectivity index (χ3n) is 9.41. The molecule has 1 aliphatic heterocycles. The molecular formula is C38H25ClN2O7. The number of ether oxygens (including phenoxy) is 1. The van der Waals surface area contributed by atoms with Crippen LogP contribution in [0.15, 0.2) is 120 Å². The first-order valence-electron chi connectivity index (χ1n) is 15.3. The highest BCUT2D eigenvalue weighted by Gasteiger charge is 2.63. The zero-order valence-electron chi connectivity index (χ0n) is 25.1. The third-order valence-corrected chi connectivity index (χ3v) is 9.74. The molecule has 0 N–H and O–H groups in total. The number of esters is 1. The molecule has 4 aromatic carbocycles. The van der Waals surface area contributed by atoms with Gasteiger partial charge < -0.3 is 9.15 Å². The summed E-state index contributed by atoms with van der Waals surface area (Å²) in [7, 11) is 0. The van der Waals surface area contributed by atoms with Crippen molar-refractivity contribution in [2.45, 2.75) is 11.8 Å². The number of ketones is 1. The number of amides is 3. The fourth-order valence-corrected chi connectivity index (χ4v) is 7.61. The molecule has 9 nitrogen and oxygen atoms in total. The predicted octanol–water partition coefficient (Wildman–Crippen LogP) is 6.28. The van der Waals surface area contributed by atoms with Crippen LogP contribution in [0.25, 0.3) is 0 Å². The number of benzene rings is 4. The Hall–Kier alpha value is -5.80. The minimum absolute atomic E-state index is 0.0176. The molecule has 0 radical (unpaired) electrons. The lowest BCUT2D eigenvalue weighted by molar-refractivity contribution is -0.154. The van der Waals surface area contributed by atoms with Gasteiger partial charge in [-0.3, -0.25) is 19.2 Å². The number of furan rings is 1. The summed E-state index contributed by atoms with van der Waals surface area (Å²) in [6, 6.07) is 30.7. The fraction of sp³-hybridized carbons (Fsp3) is 0.132. The van der Waals surface area contributed by atoms with Gasteiger partial charge in [0.15, 0.2) is 5.78 Å². The highest BCUT2D eigenvalue weighted by atomic mass is 35.5. The molecule has 1 saturated heterocycles. The lowest BCUT2D eigenvalue weighted by Crippen LogP contribution is -2.52. The Morgan fingerprint density at radius 1 is 0.708 bits per heavy atom. The summed E-state index contributed by atoms with van der Waals surface area (Å²) in [5.41, 5.74) is 4.15. The van der Waals surface area contributed by atoms with E-state index in [-0.39, 0.29) is 27.7 Å².